The van der Waals surface area contributed by atoms with Crippen molar-refractivity contribution in [2.24, 2.45) is 5.92 Å². The van der Waals surface area contributed by atoms with Gasteiger partial charge in [-0.3, -0.25) is 9.69 Å². The summed E-state index contributed by atoms with van der Waals surface area (Å²) >= 11 is 1.66. The number of aromatic amines is 1. The molecule has 0 radical (unpaired) electrons. The highest BCUT2D eigenvalue weighted by molar-refractivity contribution is 7.89. The third-order valence-corrected chi connectivity index (χ3v) is 9.12. The van der Waals surface area contributed by atoms with Crippen LogP contribution in [0.5, 0.6) is 0 Å². The number of thiophene rings is 1. The summed E-state index contributed by atoms with van der Waals surface area (Å²) in [4.78, 5) is 25.2. The van der Waals surface area contributed by atoms with Gasteiger partial charge in [0.05, 0.1) is 16.8 Å². The van der Waals surface area contributed by atoms with E-state index in [1.54, 1.807) is 23.5 Å². The number of likely N-dealkylation sites (tertiary alicyclic amines) is 1. The normalized spacial score (nSPS) is 19.5. The Kier molecular flexibility index (Phi) is 5.92. The molecule has 1 saturated heterocycles. The average Bonchev–Trinajstić information content (AvgIpc) is 3.34. The zero-order valence-corrected chi connectivity index (χ0v) is 19.8. The Morgan fingerprint density at radius 2 is 2.03 bits per heavy atom. The second-order valence-corrected chi connectivity index (χ2v) is 11.8. The summed E-state index contributed by atoms with van der Waals surface area (Å²) in [5, 5.41) is 0.785. The lowest BCUT2D eigenvalue weighted by Gasteiger charge is -2.32. The number of H-pyrrole nitrogens is 1. The van der Waals surface area contributed by atoms with Crippen molar-refractivity contribution in [2.75, 3.05) is 19.6 Å². The number of aromatic nitrogens is 2. The number of aryl methyl sites for hydroxylation is 3. The molecule has 2 N–H and O–H groups in total. The van der Waals surface area contributed by atoms with Gasteiger partial charge in [-0.2, -0.15) is 0 Å². The minimum Gasteiger partial charge on any atom is -0.309 e. The first-order valence-corrected chi connectivity index (χ1v) is 13.5. The van der Waals surface area contributed by atoms with Gasteiger partial charge >= 0.3 is 0 Å². The van der Waals surface area contributed by atoms with Crippen LogP contribution in [0.4, 0.5) is 0 Å². The molecular formula is C23H28N4O3S2. The number of benzene rings is 1. The van der Waals surface area contributed by atoms with Crippen LogP contribution in [0.15, 0.2) is 34.0 Å². The highest BCUT2D eigenvalue weighted by atomic mass is 32.2. The molecule has 1 fully saturated rings. The molecule has 170 valence electrons. The van der Waals surface area contributed by atoms with E-state index in [0.717, 1.165) is 61.0 Å². The van der Waals surface area contributed by atoms with Crippen molar-refractivity contribution in [2.45, 2.75) is 50.5 Å². The van der Waals surface area contributed by atoms with Crippen molar-refractivity contribution in [3.05, 3.63) is 56.4 Å². The summed E-state index contributed by atoms with van der Waals surface area (Å²) in [5.41, 5.74) is 2.21. The third kappa shape index (κ3) is 4.39. The van der Waals surface area contributed by atoms with Crippen LogP contribution < -0.4 is 10.3 Å². The quantitative estimate of drug-likeness (QED) is 0.575. The Balaban J connectivity index is 1.24. The van der Waals surface area contributed by atoms with Gasteiger partial charge in [-0.1, -0.05) is 17.7 Å². The maximum absolute atomic E-state index is 12.7. The Labute approximate surface area is 191 Å². The van der Waals surface area contributed by atoms with E-state index < -0.39 is 10.0 Å². The fourth-order valence-electron chi connectivity index (χ4n) is 4.82. The van der Waals surface area contributed by atoms with Crippen LogP contribution in [0.2, 0.25) is 0 Å². The minimum atomic E-state index is -3.51. The molecule has 2 aromatic heterocycles. The van der Waals surface area contributed by atoms with Crippen molar-refractivity contribution in [1.82, 2.24) is 19.6 Å². The lowest BCUT2D eigenvalue weighted by atomic mass is 9.98. The van der Waals surface area contributed by atoms with Crippen LogP contribution in [0.1, 0.15) is 41.1 Å². The van der Waals surface area contributed by atoms with Gasteiger partial charge in [0, 0.05) is 18.0 Å². The van der Waals surface area contributed by atoms with Gasteiger partial charge in [0.1, 0.15) is 10.7 Å². The van der Waals surface area contributed by atoms with Gasteiger partial charge in [-0.05, 0) is 69.2 Å². The second kappa shape index (κ2) is 8.70. The van der Waals surface area contributed by atoms with Gasteiger partial charge in [0.2, 0.25) is 10.0 Å². The highest BCUT2D eigenvalue weighted by Gasteiger charge is 2.25. The van der Waals surface area contributed by atoms with Crippen LogP contribution in [0.25, 0.3) is 10.2 Å². The van der Waals surface area contributed by atoms with E-state index in [9.17, 15) is 13.2 Å². The number of nitrogens with one attached hydrogen (secondary N) is 2. The van der Waals surface area contributed by atoms with Gasteiger partial charge in [-0.25, -0.2) is 18.1 Å². The third-order valence-electron chi connectivity index (χ3n) is 6.49. The first-order chi connectivity index (χ1) is 15.4. The molecule has 3 heterocycles. The molecule has 0 spiro atoms. The lowest BCUT2D eigenvalue weighted by molar-refractivity contribution is 0.165. The summed E-state index contributed by atoms with van der Waals surface area (Å²) < 4.78 is 28.0. The Morgan fingerprint density at radius 1 is 1.22 bits per heavy atom. The second-order valence-electron chi connectivity index (χ2n) is 8.96. The van der Waals surface area contributed by atoms with Crippen molar-refractivity contribution in [3.8, 4) is 0 Å². The number of sulfonamides is 1. The van der Waals surface area contributed by atoms with E-state index in [0.29, 0.717) is 23.8 Å². The smallest absolute Gasteiger partial charge is 0.259 e. The van der Waals surface area contributed by atoms with E-state index in [-0.39, 0.29) is 11.5 Å². The molecule has 1 aromatic carbocycles. The molecule has 5 rings (SSSR count). The van der Waals surface area contributed by atoms with Crippen LogP contribution in [-0.4, -0.2) is 42.9 Å². The monoisotopic (exact) mass is 472 g/mol. The van der Waals surface area contributed by atoms with Gasteiger partial charge < -0.3 is 4.98 Å². The molecule has 0 amide bonds. The van der Waals surface area contributed by atoms with E-state index in [1.165, 1.54) is 10.4 Å². The molecule has 32 heavy (non-hydrogen) atoms. The summed E-state index contributed by atoms with van der Waals surface area (Å²) in [6.45, 7) is 4.62. The topological polar surface area (TPSA) is 95.2 Å². The maximum Gasteiger partial charge on any atom is 0.259 e. The van der Waals surface area contributed by atoms with Crippen molar-refractivity contribution >= 4 is 31.6 Å². The number of piperidine rings is 1. The number of fused-ring (bicyclic) bond motifs is 3. The Hall–Kier alpha value is -2.07. The molecule has 1 atom stereocenters. The molecule has 9 heteroatoms. The van der Waals surface area contributed by atoms with Gasteiger partial charge in [0.25, 0.3) is 5.56 Å². The zero-order chi connectivity index (χ0) is 22.3. The largest absolute Gasteiger partial charge is 0.309 e. The van der Waals surface area contributed by atoms with Crippen LogP contribution >= 0.6 is 11.3 Å². The van der Waals surface area contributed by atoms with Crippen LogP contribution in [0.3, 0.4) is 0 Å². The predicted octanol–water partition coefficient (Wildman–Crippen LogP) is 2.97. The Morgan fingerprint density at radius 3 is 2.84 bits per heavy atom. The van der Waals surface area contributed by atoms with Gasteiger partial charge in [-0.15, -0.1) is 11.3 Å². The van der Waals surface area contributed by atoms with Crippen LogP contribution in [-0.2, 0) is 29.4 Å². The Bertz CT molecular complexity index is 1300. The average molecular weight is 473 g/mol. The molecule has 7 nitrogen and oxygen atoms in total. The van der Waals surface area contributed by atoms with Crippen LogP contribution in [0, 0.1) is 12.8 Å². The predicted molar refractivity (Wildman–Crippen MR) is 127 cm³/mol. The standard InChI is InChI=1S/C23H28N4O3S2/c1-15-7-9-17(10-8-15)32(29,30)24-12-16-4-3-11-27(13-16)14-20-25-22(28)21-18-5-2-6-19(18)31-23(21)26-20/h7-10,16,24H,2-6,11-14H2,1H3,(H,25,26,28). The number of nitrogens with zero attached hydrogens (tertiary/aromatic N) is 2. The molecule has 1 unspecified atom stereocenters. The van der Waals surface area contributed by atoms with E-state index >= 15 is 0 Å². The lowest BCUT2D eigenvalue weighted by Crippen LogP contribution is -2.41. The number of hydrogen-bond acceptors (Lipinski definition) is 6. The van der Waals surface area contributed by atoms with E-state index in [1.807, 2.05) is 19.1 Å². The molecule has 1 aliphatic carbocycles. The number of hydrogen-bond donors (Lipinski definition) is 2. The molecule has 2 aliphatic rings. The first kappa shape index (κ1) is 21.8. The van der Waals surface area contributed by atoms with Gasteiger partial charge in [0.15, 0.2) is 0 Å². The molecule has 1 aliphatic heterocycles. The summed E-state index contributed by atoms with van der Waals surface area (Å²) in [5.74, 6) is 0.924. The summed E-state index contributed by atoms with van der Waals surface area (Å²) in [6, 6.07) is 6.90. The summed E-state index contributed by atoms with van der Waals surface area (Å²) in [6.07, 6.45) is 5.13. The van der Waals surface area contributed by atoms with Crippen molar-refractivity contribution in [3.63, 3.8) is 0 Å². The van der Waals surface area contributed by atoms with E-state index in [2.05, 4.69) is 14.6 Å². The molecular weight excluding hydrogens is 444 g/mol. The molecule has 0 saturated carbocycles. The number of rotatable bonds is 6. The maximum atomic E-state index is 12.7. The molecule has 3 aromatic rings. The van der Waals surface area contributed by atoms with E-state index in [4.69, 9.17) is 4.98 Å². The van der Waals surface area contributed by atoms with Crippen molar-refractivity contribution in [1.29, 1.82) is 0 Å². The van der Waals surface area contributed by atoms with Crippen molar-refractivity contribution < 1.29 is 8.42 Å². The summed E-state index contributed by atoms with van der Waals surface area (Å²) in [7, 11) is -3.51. The molecule has 0 bridgehead atoms. The zero-order valence-electron chi connectivity index (χ0n) is 18.2. The SMILES string of the molecule is Cc1ccc(S(=O)(=O)NCC2CCCN(Cc3nc4sc5c(c4c(=O)[nH]3)CCC5)C2)cc1. The first-order valence-electron chi connectivity index (χ1n) is 11.2. The minimum absolute atomic E-state index is 0.0242. The highest BCUT2D eigenvalue weighted by Crippen LogP contribution is 2.34. The fraction of sp³-hybridized carbons (Fsp3) is 0.478. The fourth-order valence-corrected chi connectivity index (χ4v) is 7.22.